The molecule has 4 nitrogen and oxygen atoms in total. The fourth-order valence-electron chi connectivity index (χ4n) is 9.92. The Morgan fingerprint density at radius 2 is 1.76 bits per heavy atom. The Kier molecular flexibility index (Phi) is 5.38. The van der Waals surface area contributed by atoms with Crippen LogP contribution in [0, 0.1) is 28.6 Å². The molecule has 1 saturated heterocycles. The van der Waals surface area contributed by atoms with Crippen molar-refractivity contribution >= 4 is 0 Å². The summed E-state index contributed by atoms with van der Waals surface area (Å²) in [5.74, 6) is 2.19. The number of rotatable bonds is 2. The van der Waals surface area contributed by atoms with Gasteiger partial charge in [0.1, 0.15) is 0 Å². The molecule has 0 unspecified atom stereocenters. The summed E-state index contributed by atoms with van der Waals surface area (Å²) in [6, 6.07) is 4.30. The maximum atomic E-state index is 12.4. The zero-order valence-electron chi connectivity index (χ0n) is 20.7. The normalized spacial score (nSPS) is 48.0. The van der Waals surface area contributed by atoms with Crippen LogP contribution < -0.4 is 5.63 Å². The van der Waals surface area contributed by atoms with Crippen LogP contribution in [0.25, 0.3) is 0 Å². The fourth-order valence-corrected chi connectivity index (χ4v) is 9.92. The summed E-state index contributed by atoms with van der Waals surface area (Å²) in [4.78, 5) is 14.3. The highest BCUT2D eigenvalue weighted by molar-refractivity contribution is 5.27. The zero-order chi connectivity index (χ0) is 22.8. The summed E-state index contributed by atoms with van der Waals surface area (Å²) < 4.78 is 5.24. The first-order valence-corrected chi connectivity index (χ1v) is 13.9. The van der Waals surface area contributed by atoms with Crippen molar-refractivity contribution in [3.8, 4) is 0 Å². The summed E-state index contributed by atoms with van der Waals surface area (Å²) in [5.41, 5.74) is 0.501. The van der Waals surface area contributed by atoms with Gasteiger partial charge < -0.3 is 14.4 Å². The average Bonchev–Trinajstić information content (AvgIpc) is 3.11. The number of fused-ring (bicyclic) bond motifs is 5. The van der Waals surface area contributed by atoms with E-state index in [9.17, 15) is 9.90 Å². The first-order valence-electron chi connectivity index (χ1n) is 13.9. The van der Waals surface area contributed by atoms with Crippen molar-refractivity contribution in [2.75, 3.05) is 13.1 Å². The molecule has 1 aromatic heterocycles. The van der Waals surface area contributed by atoms with Crippen LogP contribution in [-0.2, 0) is 0 Å². The second-order valence-corrected chi connectivity index (χ2v) is 12.9. The molecule has 1 N–H and O–H groups in total. The molecule has 1 aliphatic heterocycles. The molecule has 4 aliphatic carbocycles. The van der Waals surface area contributed by atoms with Crippen molar-refractivity contribution in [2.24, 2.45) is 28.6 Å². The Balaban J connectivity index is 1.24. The van der Waals surface area contributed by atoms with Crippen LogP contribution in [0.4, 0.5) is 0 Å². The SMILES string of the molecule is C[C@]12CC[C@H](N3CCCCC3)C[C@H]1CC[C@@H]1[C@@H]2CC[C@]2(C)[C@@H](c3ccc(=O)oc3)CC[C@]12O. The van der Waals surface area contributed by atoms with E-state index < -0.39 is 5.60 Å². The standard InChI is InChI=1S/C29H43NO3/c1-27-13-10-22(30-16-4-3-5-17-30)18-21(27)7-8-25-24(27)11-14-28(2)23(12-15-29(25,28)32)20-6-9-26(31)33-19-20/h6,9,19,21-25,32H,3-5,7-8,10-18H2,1-2H3/t21-,22+,23-,24+,25-,27+,28-,29+/m1/s1. The van der Waals surface area contributed by atoms with Crippen LogP contribution in [0.2, 0.25) is 0 Å². The Labute approximate surface area is 199 Å². The van der Waals surface area contributed by atoms with Crippen LogP contribution in [0.15, 0.2) is 27.6 Å². The number of piperidine rings is 1. The lowest BCUT2D eigenvalue weighted by molar-refractivity contribution is -0.204. The van der Waals surface area contributed by atoms with Crippen molar-refractivity contribution in [3.63, 3.8) is 0 Å². The van der Waals surface area contributed by atoms with Gasteiger partial charge in [-0.3, -0.25) is 0 Å². The Morgan fingerprint density at radius 3 is 2.52 bits per heavy atom. The molecule has 0 aromatic carbocycles. The Bertz CT molecular complexity index is 917. The van der Waals surface area contributed by atoms with Crippen LogP contribution in [0.5, 0.6) is 0 Å². The van der Waals surface area contributed by atoms with Crippen molar-refractivity contribution in [1.29, 1.82) is 0 Å². The van der Waals surface area contributed by atoms with Gasteiger partial charge in [-0.15, -0.1) is 0 Å². The van der Waals surface area contributed by atoms with Gasteiger partial charge >= 0.3 is 5.63 Å². The topological polar surface area (TPSA) is 53.7 Å². The van der Waals surface area contributed by atoms with Gasteiger partial charge in [-0.05, 0) is 124 Å². The lowest BCUT2D eigenvalue weighted by atomic mass is 9.43. The second kappa shape index (κ2) is 7.95. The van der Waals surface area contributed by atoms with Crippen molar-refractivity contribution in [3.05, 3.63) is 34.4 Å². The van der Waals surface area contributed by atoms with Gasteiger partial charge in [-0.1, -0.05) is 20.3 Å². The van der Waals surface area contributed by atoms with Crippen molar-refractivity contribution in [1.82, 2.24) is 4.90 Å². The second-order valence-electron chi connectivity index (χ2n) is 12.9. The molecule has 6 rings (SSSR count). The van der Waals surface area contributed by atoms with Gasteiger partial charge in [0.15, 0.2) is 0 Å². The summed E-state index contributed by atoms with van der Waals surface area (Å²) in [5, 5.41) is 12.4. The highest BCUT2D eigenvalue weighted by Crippen LogP contribution is 2.70. The molecule has 0 radical (unpaired) electrons. The third-order valence-electron chi connectivity index (χ3n) is 11.9. The molecule has 33 heavy (non-hydrogen) atoms. The minimum Gasteiger partial charge on any atom is -0.431 e. The largest absolute Gasteiger partial charge is 0.431 e. The number of hydrogen-bond acceptors (Lipinski definition) is 4. The van der Waals surface area contributed by atoms with Gasteiger partial charge in [-0.2, -0.15) is 0 Å². The summed E-state index contributed by atoms with van der Waals surface area (Å²) in [7, 11) is 0. The monoisotopic (exact) mass is 453 g/mol. The molecule has 8 atom stereocenters. The predicted molar refractivity (Wildman–Crippen MR) is 130 cm³/mol. The van der Waals surface area contributed by atoms with Gasteiger partial charge in [0, 0.05) is 17.5 Å². The molecule has 0 spiro atoms. The first kappa shape index (κ1) is 22.3. The molecular formula is C29H43NO3. The average molecular weight is 454 g/mol. The molecule has 5 aliphatic rings. The minimum atomic E-state index is -0.589. The molecule has 4 heteroatoms. The lowest BCUT2D eigenvalue weighted by Crippen LogP contribution is -2.62. The van der Waals surface area contributed by atoms with Crippen LogP contribution in [0.1, 0.15) is 102 Å². The van der Waals surface area contributed by atoms with E-state index in [2.05, 4.69) is 18.7 Å². The minimum absolute atomic E-state index is 0.123. The molecular weight excluding hydrogens is 410 g/mol. The van der Waals surface area contributed by atoms with Crippen LogP contribution >= 0.6 is 0 Å². The maximum Gasteiger partial charge on any atom is 0.335 e. The third-order valence-corrected chi connectivity index (χ3v) is 11.9. The molecule has 0 amide bonds. The van der Waals surface area contributed by atoms with Gasteiger partial charge in [0.25, 0.3) is 0 Å². The summed E-state index contributed by atoms with van der Waals surface area (Å²) >= 11 is 0. The van der Waals surface area contributed by atoms with E-state index in [1.807, 2.05) is 6.07 Å². The number of aliphatic hydroxyl groups is 1. The Morgan fingerprint density at radius 1 is 0.939 bits per heavy atom. The quantitative estimate of drug-likeness (QED) is 0.621. The van der Waals surface area contributed by atoms with Gasteiger partial charge in [0.05, 0.1) is 11.9 Å². The van der Waals surface area contributed by atoms with Crippen molar-refractivity contribution in [2.45, 2.75) is 108 Å². The van der Waals surface area contributed by atoms with E-state index in [4.69, 9.17) is 4.42 Å². The Hall–Kier alpha value is -1.13. The first-order chi connectivity index (χ1) is 15.8. The molecule has 182 valence electrons. The molecule has 1 aromatic rings. The number of nitrogens with zero attached hydrogens (tertiary/aromatic N) is 1. The van der Waals surface area contributed by atoms with Gasteiger partial charge in [0.2, 0.25) is 0 Å². The van der Waals surface area contributed by atoms with E-state index in [-0.39, 0.29) is 17.0 Å². The molecule has 4 saturated carbocycles. The molecule has 2 heterocycles. The van der Waals surface area contributed by atoms with Crippen molar-refractivity contribution < 1.29 is 9.52 Å². The van der Waals surface area contributed by atoms with Crippen LogP contribution in [0.3, 0.4) is 0 Å². The smallest absolute Gasteiger partial charge is 0.335 e. The highest BCUT2D eigenvalue weighted by Gasteiger charge is 2.67. The highest BCUT2D eigenvalue weighted by atomic mass is 16.4. The van der Waals surface area contributed by atoms with Crippen LogP contribution in [-0.4, -0.2) is 34.7 Å². The van der Waals surface area contributed by atoms with Gasteiger partial charge in [-0.25, -0.2) is 4.79 Å². The number of likely N-dealkylation sites (tertiary alicyclic amines) is 1. The maximum absolute atomic E-state index is 12.4. The van der Waals surface area contributed by atoms with E-state index >= 15 is 0 Å². The van der Waals surface area contributed by atoms with E-state index in [0.29, 0.717) is 17.3 Å². The van der Waals surface area contributed by atoms with E-state index in [0.717, 1.165) is 36.8 Å². The third kappa shape index (κ3) is 3.26. The predicted octanol–water partition coefficient (Wildman–Crippen LogP) is 5.74. The number of hydrogen-bond donors (Lipinski definition) is 1. The summed E-state index contributed by atoms with van der Waals surface area (Å²) in [6.07, 6.45) is 16.7. The molecule has 5 fully saturated rings. The zero-order valence-corrected chi connectivity index (χ0v) is 20.7. The summed E-state index contributed by atoms with van der Waals surface area (Å²) in [6.45, 7) is 7.58. The lowest BCUT2D eigenvalue weighted by Gasteiger charge is -2.64. The molecule has 0 bridgehead atoms. The fraction of sp³-hybridized carbons (Fsp3) is 0.828. The van der Waals surface area contributed by atoms with E-state index in [1.54, 1.807) is 12.3 Å². The van der Waals surface area contributed by atoms with E-state index in [1.165, 1.54) is 70.9 Å².